The van der Waals surface area contributed by atoms with Gasteiger partial charge in [0.15, 0.2) is 0 Å². The Morgan fingerprint density at radius 2 is 2.12 bits per heavy atom. The van der Waals surface area contributed by atoms with Crippen LogP contribution in [-0.4, -0.2) is 0 Å². The number of allylic oxidation sites excluding steroid dienone is 2. The van der Waals surface area contributed by atoms with Crippen LogP contribution in [-0.2, 0) is 0 Å². The van der Waals surface area contributed by atoms with Crippen molar-refractivity contribution in [3.63, 3.8) is 0 Å². The molecule has 0 N–H and O–H groups in total. The highest BCUT2D eigenvalue weighted by atomic mass is 32.2. The molecule has 0 amide bonds. The minimum Gasteiger partial charge on any atom is -0.106 e. The van der Waals surface area contributed by atoms with Crippen molar-refractivity contribution < 1.29 is 0 Å². The maximum atomic E-state index is 3.60. The van der Waals surface area contributed by atoms with Gasteiger partial charge in [-0.3, -0.25) is 0 Å². The highest BCUT2D eigenvalue weighted by Gasteiger charge is 1.74. The van der Waals surface area contributed by atoms with Crippen LogP contribution in [0.2, 0.25) is 0 Å². The summed E-state index contributed by atoms with van der Waals surface area (Å²) in [5.74, 6) is 0. The van der Waals surface area contributed by atoms with Gasteiger partial charge in [-0.25, -0.2) is 0 Å². The fourth-order valence-electron chi connectivity index (χ4n) is 0.204. The molecule has 0 aromatic rings. The molecule has 0 nitrogen and oxygen atoms in total. The number of hydrogen-bond donors (Lipinski definition) is 0. The summed E-state index contributed by atoms with van der Waals surface area (Å²) >= 11 is 1.57. The first-order valence-corrected chi connectivity index (χ1v) is 3.31. The van der Waals surface area contributed by atoms with E-state index in [1.54, 1.807) is 17.2 Å². The second-order valence-corrected chi connectivity index (χ2v) is 2.21. The Hall–Kier alpha value is -0.430. The van der Waals surface area contributed by atoms with E-state index in [1.165, 1.54) is 5.57 Å². The van der Waals surface area contributed by atoms with Gasteiger partial charge >= 0.3 is 0 Å². The fourth-order valence-corrected chi connectivity index (χ4v) is 0.611. The first-order chi connectivity index (χ1) is 3.81. The Bertz CT molecular complexity index is 112. The van der Waals surface area contributed by atoms with Gasteiger partial charge in [0.1, 0.15) is 0 Å². The summed E-state index contributed by atoms with van der Waals surface area (Å²) in [6, 6.07) is 0. The van der Waals surface area contributed by atoms with Gasteiger partial charge in [0.25, 0.3) is 0 Å². The van der Waals surface area contributed by atoms with E-state index in [-0.39, 0.29) is 0 Å². The Kier molecular flexibility index (Phi) is 4.47. The Morgan fingerprint density at radius 1 is 1.50 bits per heavy atom. The van der Waals surface area contributed by atoms with Crippen molar-refractivity contribution in [1.82, 2.24) is 0 Å². The normalized spacial score (nSPS) is 10.9. The van der Waals surface area contributed by atoms with E-state index in [1.807, 2.05) is 18.4 Å². The third kappa shape index (κ3) is 3.75. The molecule has 8 heavy (non-hydrogen) atoms. The third-order valence-electron chi connectivity index (χ3n) is 0.672. The molecule has 0 fully saturated rings. The lowest BCUT2D eigenvalue weighted by Crippen LogP contribution is -1.58. The summed E-state index contributed by atoms with van der Waals surface area (Å²) in [6.07, 6.45) is 1.82. The summed E-state index contributed by atoms with van der Waals surface area (Å²) < 4.78 is 0. The van der Waals surface area contributed by atoms with Crippen molar-refractivity contribution >= 4 is 11.8 Å². The second kappa shape index (κ2) is 4.72. The first kappa shape index (κ1) is 7.57. The van der Waals surface area contributed by atoms with Gasteiger partial charge < -0.3 is 0 Å². The van der Waals surface area contributed by atoms with Crippen molar-refractivity contribution in [2.24, 2.45) is 0 Å². The van der Waals surface area contributed by atoms with Crippen LogP contribution in [0.3, 0.4) is 0 Å². The Balaban J connectivity index is 3.56. The van der Waals surface area contributed by atoms with Crippen LogP contribution in [0, 0.1) is 0 Å². The summed E-state index contributed by atoms with van der Waals surface area (Å²) in [7, 11) is 0. The molecule has 0 atom stereocenters. The lowest BCUT2D eigenvalue weighted by atomic mass is 10.4. The number of thioether (sulfide) groups is 1. The van der Waals surface area contributed by atoms with Gasteiger partial charge in [0.2, 0.25) is 0 Å². The molecule has 0 saturated heterocycles. The van der Waals surface area contributed by atoms with Gasteiger partial charge in [0, 0.05) is 0 Å². The first-order valence-electron chi connectivity index (χ1n) is 2.37. The highest BCUT2D eigenvalue weighted by Crippen LogP contribution is 2.06. The van der Waals surface area contributed by atoms with Gasteiger partial charge in [-0.1, -0.05) is 19.2 Å². The molecule has 1 heteroatoms. The average molecular weight is 126 g/mol. The topological polar surface area (TPSA) is 0 Å². The molecule has 0 spiro atoms. The monoisotopic (exact) mass is 126 g/mol. The minimum atomic E-state index is 1.18. The predicted molar refractivity (Wildman–Crippen MR) is 41.7 cm³/mol. The molecular formula is C7H10S. The molecule has 0 heterocycles. The van der Waals surface area contributed by atoms with Gasteiger partial charge in [-0.15, -0.1) is 11.8 Å². The van der Waals surface area contributed by atoms with E-state index in [9.17, 15) is 0 Å². The zero-order valence-electron chi connectivity index (χ0n) is 5.05. The van der Waals surface area contributed by atoms with Crippen LogP contribution in [0.5, 0.6) is 0 Å². The van der Waals surface area contributed by atoms with Crippen LogP contribution in [0.15, 0.2) is 35.6 Å². The van der Waals surface area contributed by atoms with Gasteiger partial charge in [0.05, 0.1) is 0 Å². The van der Waals surface area contributed by atoms with E-state index in [4.69, 9.17) is 0 Å². The van der Waals surface area contributed by atoms with Crippen molar-refractivity contribution in [2.75, 3.05) is 0 Å². The van der Waals surface area contributed by atoms with Crippen LogP contribution in [0.25, 0.3) is 0 Å². The summed E-state index contributed by atoms with van der Waals surface area (Å²) in [5.41, 5.74) is 1.18. The Morgan fingerprint density at radius 3 is 2.50 bits per heavy atom. The molecule has 0 aliphatic heterocycles. The molecule has 0 radical (unpaired) electrons. The number of hydrogen-bond acceptors (Lipinski definition) is 1. The molecular weight excluding hydrogens is 116 g/mol. The standard InChI is InChI=1S/C7H10S/c1-4-7(3)6-8-5-2/h4-6H,1-2H2,3H3/b7-6-. The smallest absolute Gasteiger partial charge is 0.0219 e. The lowest BCUT2D eigenvalue weighted by Gasteiger charge is -1.84. The van der Waals surface area contributed by atoms with E-state index in [0.29, 0.717) is 0 Å². The van der Waals surface area contributed by atoms with E-state index >= 15 is 0 Å². The molecule has 0 aromatic heterocycles. The summed E-state index contributed by atoms with van der Waals surface area (Å²) in [4.78, 5) is 0. The van der Waals surface area contributed by atoms with Crippen LogP contribution in [0.1, 0.15) is 6.92 Å². The largest absolute Gasteiger partial charge is 0.106 e. The SMILES string of the molecule is C=CS/C=C(/C)C=C. The molecule has 0 aliphatic carbocycles. The van der Waals surface area contributed by atoms with Crippen molar-refractivity contribution in [2.45, 2.75) is 6.92 Å². The molecule has 0 aromatic carbocycles. The van der Waals surface area contributed by atoms with Gasteiger partial charge in [-0.05, 0) is 23.3 Å². The van der Waals surface area contributed by atoms with E-state index in [2.05, 4.69) is 13.2 Å². The summed E-state index contributed by atoms with van der Waals surface area (Å²) in [5, 5.41) is 3.78. The van der Waals surface area contributed by atoms with Crippen LogP contribution < -0.4 is 0 Å². The molecule has 0 bridgehead atoms. The fraction of sp³-hybridized carbons (Fsp3) is 0.143. The maximum Gasteiger partial charge on any atom is -0.0219 e. The third-order valence-corrected chi connectivity index (χ3v) is 1.37. The molecule has 0 rings (SSSR count). The van der Waals surface area contributed by atoms with Crippen LogP contribution in [0.4, 0.5) is 0 Å². The minimum absolute atomic E-state index is 1.18. The zero-order valence-corrected chi connectivity index (χ0v) is 5.87. The molecule has 0 aliphatic rings. The summed E-state index contributed by atoms with van der Waals surface area (Å²) in [6.45, 7) is 9.15. The van der Waals surface area contributed by atoms with Crippen molar-refractivity contribution in [3.8, 4) is 0 Å². The predicted octanol–water partition coefficient (Wildman–Crippen LogP) is 2.95. The molecule has 0 unspecified atom stereocenters. The van der Waals surface area contributed by atoms with Crippen molar-refractivity contribution in [3.05, 3.63) is 35.6 Å². The number of rotatable bonds is 3. The second-order valence-electron chi connectivity index (χ2n) is 1.37. The maximum absolute atomic E-state index is 3.60. The van der Waals surface area contributed by atoms with E-state index in [0.717, 1.165) is 0 Å². The van der Waals surface area contributed by atoms with E-state index < -0.39 is 0 Å². The van der Waals surface area contributed by atoms with Crippen molar-refractivity contribution in [1.29, 1.82) is 0 Å². The Labute approximate surface area is 55.0 Å². The molecule has 44 valence electrons. The highest BCUT2D eigenvalue weighted by molar-refractivity contribution is 8.04. The lowest BCUT2D eigenvalue weighted by molar-refractivity contribution is 1.57. The van der Waals surface area contributed by atoms with Gasteiger partial charge in [-0.2, -0.15) is 0 Å². The molecule has 0 saturated carbocycles. The average Bonchev–Trinajstić information content (AvgIpc) is 1.83. The quantitative estimate of drug-likeness (QED) is 0.524. The van der Waals surface area contributed by atoms with Crippen LogP contribution >= 0.6 is 11.8 Å². The zero-order chi connectivity index (χ0) is 6.41.